The minimum absolute atomic E-state index is 0.167. The molecule has 1 aliphatic carbocycles. The third-order valence-corrected chi connectivity index (χ3v) is 4.99. The highest BCUT2D eigenvalue weighted by Gasteiger charge is 2.36. The van der Waals surface area contributed by atoms with E-state index in [2.05, 4.69) is 47.4 Å². The standard InChI is InChI=1S/C18H29N5O2/c1-11(2)23-6-5-16(21-23)7-12(3)19-10-15-8-14(9-17(15)24)18-20-13(4)22-25-18/h5-6,11-12,14-15,17,19,24H,7-10H2,1-4H3/t12?,14-,15+,17+/m0/s1. The van der Waals surface area contributed by atoms with Crippen LogP contribution in [0.4, 0.5) is 0 Å². The molecule has 2 heterocycles. The summed E-state index contributed by atoms with van der Waals surface area (Å²) in [7, 11) is 0. The van der Waals surface area contributed by atoms with Gasteiger partial charge >= 0.3 is 0 Å². The van der Waals surface area contributed by atoms with E-state index in [1.807, 2.05) is 17.8 Å². The Hall–Kier alpha value is -1.73. The fraction of sp³-hybridized carbons (Fsp3) is 0.722. The van der Waals surface area contributed by atoms with E-state index in [1.165, 1.54) is 0 Å². The molecule has 7 heteroatoms. The average Bonchev–Trinajstić information content (AvgIpc) is 3.26. The fourth-order valence-corrected chi connectivity index (χ4v) is 3.51. The van der Waals surface area contributed by atoms with Gasteiger partial charge in [-0.25, -0.2) is 0 Å². The van der Waals surface area contributed by atoms with Crippen LogP contribution in [0.3, 0.4) is 0 Å². The lowest BCUT2D eigenvalue weighted by Gasteiger charge is -2.19. The number of nitrogens with zero attached hydrogens (tertiary/aromatic N) is 4. The van der Waals surface area contributed by atoms with E-state index in [-0.39, 0.29) is 17.9 Å². The van der Waals surface area contributed by atoms with Gasteiger partial charge in [0, 0.05) is 37.2 Å². The zero-order valence-electron chi connectivity index (χ0n) is 15.5. The van der Waals surface area contributed by atoms with Crippen molar-refractivity contribution in [3.63, 3.8) is 0 Å². The van der Waals surface area contributed by atoms with Crippen LogP contribution >= 0.6 is 0 Å². The lowest BCUT2D eigenvalue weighted by molar-refractivity contribution is 0.129. The highest BCUT2D eigenvalue weighted by Crippen LogP contribution is 2.37. The van der Waals surface area contributed by atoms with Crippen molar-refractivity contribution in [3.05, 3.63) is 29.7 Å². The summed E-state index contributed by atoms with van der Waals surface area (Å²) >= 11 is 0. The Labute approximate surface area is 148 Å². The van der Waals surface area contributed by atoms with Gasteiger partial charge in [-0.05, 0) is 52.5 Å². The van der Waals surface area contributed by atoms with E-state index in [9.17, 15) is 5.11 Å². The molecule has 2 aromatic rings. The molecule has 0 bridgehead atoms. The molecular weight excluding hydrogens is 318 g/mol. The summed E-state index contributed by atoms with van der Waals surface area (Å²) in [5.74, 6) is 1.69. The SMILES string of the molecule is Cc1noc([C@H]2C[C@H](CNC(C)Cc3ccn(C(C)C)n3)[C@H](O)C2)n1. The summed E-state index contributed by atoms with van der Waals surface area (Å²) in [4.78, 5) is 4.31. The van der Waals surface area contributed by atoms with Gasteiger partial charge in [-0.15, -0.1) is 0 Å². The fourth-order valence-electron chi connectivity index (χ4n) is 3.51. The van der Waals surface area contributed by atoms with Gasteiger partial charge in [-0.2, -0.15) is 10.1 Å². The maximum Gasteiger partial charge on any atom is 0.229 e. The van der Waals surface area contributed by atoms with Crippen LogP contribution in [0.2, 0.25) is 0 Å². The van der Waals surface area contributed by atoms with Crippen molar-refractivity contribution in [2.75, 3.05) is 6.54 Å². The number of aryl methyl sites for hydroxylation is 1. The molecule has 2 N–H and O–H groups in total. The summed E-state index contributed by atoms with van der Waals surface area (Å²) < 4.78 is 7.25. The number of aromatic nitrogens is 4. The van der Waals surface area contributed by atoms with Crippen LogP contribution in [-0.2, 0) is 6.42 Å². The maximum absolute atomic E-state index is 10.3. The predicted octanol–water partition coefficient (Wildman–Crippen LogP) is 2.23. The molecule has 1 unspecified atom stereocenters. The molecule has 4 atom stereocenters. The lowest BCUT2D eigenvalue weighted by Crippen LogP contribution is -2.35. The second-order valence-electron chi connectivity index (χ2n) is 7.57. The average molecular weight is 347 g/mol. The first-order chi connectivity index (χ1) is 11.9. The number of aliphatic hydroxyl groups excluding tert-OH is 1. The quantitative estimate of drug-likeness (QED) is 0.798. The highest BCUT2D eigenvalue weighted by molar-refractivity contribution is 5.03. The Morgan fingerprint density at radius 2 is 2.16 bits per heavy atom. The molecule has 25 heavy (non-hydrogen) atoms. The summed E-state index contributed by atoms with van der Waals surface area (Å²) in [6, 6.07) is 2.78. The minimum Gasteiger partial charge on any atom is -0.393 e. The Bertz CT molecular complexity index is 681. The van der Waals surface area contributed by atoms with Gasteiger partial charge in [0.2, 0.25) is 5.89 Å². The summed E-state index contributed by atoms with van der Waals surface area (Å²) in [5.41, 5.74) is 1.10. The van der Waals surface area contributed by atoms with E-state index in [0.717, 1.165) is 25.1 Å². The number of rotatable bonds is 7. The number of nitrogens with one attached hydrogen (secondary N) is 1. The smallest absolute Gasteiger partial charge is 0.229 e. The van der Waals surface area contributed by atoms with Gasteiger partial charge in [-0.1, -0.05) is 5.16 Å². The number of hydrogen-bond donors (Lipinski definition) is 2. The second kappa shape index (κ2) is 7.66. The first-order valence-corrected chi connectivity index (χ1v) is 9.18. The van der Waals surface area contributed by atoms with Gasteiger partial charge in [-0.3, -0.25) is 4.68 Å². The van der Waals surface area contributed by atoms with Crippen LogP contribution in [0.25, 0.3) is 0 Å². The monoisotopic (exact) mass is 347 g/mol. The molecule has 0 radical (unpaired) electrons. The highest BCUT2D eigenvalue weighted by atomic mass is 16.5. The maximum atomic E-state index is 10.3. The van der Waals surface area contributed by atoms with Crippen LogP contribution in [0.1, 0.15) is 63.0 Å². The topological polar surface area (TPSA) is 89.0 Å². The molecule has 3 rings (SSSR count). The van der Waals surface area contributed by atoms with Gasteiger partial charge in [0.25, 0.3) is 0 Å². The molecule has 2 aromatic heterocycles. The molecule has 0 aromatic carbocycles. The van der Waals surface area contributed by atoms with E-state index in [0.29, 0.717) is 30.2 Å². The molecule has 0 saturated heterocycles. The minimum atomic E-state index is -0.322. The van der Waals surface area contributed by atoms with Crippen molar-refractivity contribution in [2.45, 2.75) is 71.1 Å². The van der Waals surface area contributed by atoms with E-state index >= 15 is 0 Å². The number of hydrogen-bond acceptors (Lipinski definition) is 6. The van der Waals surface area contributed by atoms with Crippen LogP contribution < -0.4 is 5.32 Å². The van der Waals surface area contributed by atoms with Gasteiger partial charge in [0.15, 0.2) is 5.82 Å². The van der Waals surface area contributed by atoms with Gasteiger partial charge < -0.3 is 14.9 Å². The molecule has 0 amide bonds. The number of aliphatic hydroxyl groups is 1. The van der Waals surface area contributed by atoms with Crippen LogP contribution in [0.15, 0.2) is 16.8 Å². The molecule has 0 aliphatic heterocycles. The first kappa shape index (κ1) is 18.1. The molecule has 1 fully saturated rings. The molecule has 7 nitrogen and oxygen atoms in total. The van der Waals surface area contributed by atoms with Gasteiger partial charge in [0.05, 0.1) is 11.8 Å². The second-order valence-corrected chi connectivity index (χ2v) is 7.57. The first-order valence-electron chi connectivity index (χ1n) is 9.18. The normalized spacial score (nSPS) is 25.0. The molecule has 1 saturated carbocycles. The van der Waals surface area contributed by atoms with Crippen LogP contribution in [0, 0.1) is 12.8 Å². The van der Waals surface area contributed by atoms with E-state index < -0.39 is 0 Å². The van der Waals surface area contributed by atoms with E-state index in [4.69, 9.17) is 4.52 Å². The zero-order valence-corrected chi connectivity index (χ0v) is 15.5. The molecular formula is C18H29N5O2. The summed E-state index contributed by atoms with van der Waals surface area (Å²) in [5, 5.41) is 22.3. The molecule has 0 spiro atoms. The van der Waals surface area contributed by atoms with Crippen LogP contribution in [-0.4, -0.2) is 43.7 Å². The Morgan fingerprint density at radius 3 is 2.80 bits per heavy atom. The van der Waals surface area contributed by atoms with Crippen LogP contribution in [0.5, 0.6) is 0 Å². The molecule has 138 valence electrons. The van der Waals surface area contributed by atoms with Crippen molar-refractivity contribution in [1.29, 1.82) is 0 Å². The third kappa shape index (κ3) is 4.46. The Balaban J connectivity index is 1.47. The third-order valence-electron chi connectivity index (χ3n) is 4.99. The largest absolute Gasteiger partial charge is 0.393 e. The molecule has 1 aliphatic rings. The summed E-state index contributed by atoms with van der Waals surface area (Å²) in [6.45, 7) is 9.02. The van der Waals surface area contributed by atoms with Crippen molar-refractivity contribution < 1.29 is 9.63 Å². The Kier molecular flexibility index (Phi) is 5.54. The van der Waals surface area contributed by atoms with Crippen molar-refractivity contribution in [3.8, 4) is 0 Å². The van der Waals surface area contributed by atoms with Crippen molar-refractivity contribution >= 4 is 0 Å². The predicted molar refractivity (Wildman–Crippen MR) is 94.3 cm³/mol. The lowest BCUT2D eigenvalue weighted by atomic mass is 10.0. The van der Waals surface area contributed by atoms with E-state index in [1.54, 1.807) is 0 Å². The summed E-state index contributed by atoms with van der Waals surface area (Å²) in [6.07, 6.45) is 4.17. The van der Waals surface area contributed by atoms with Gasteiger partial charge in [0.1, 0.15) is 0 Å². The zero-order chi connectivity index (χ0) is 18.0. The Morgan fingerprint density at radius 1 is 1.36 bits per heavy atom. The van der Waals surface area contributed by atoms with Crippen molar-refractivity contribution in [1.82, 2.24) is 25.2 Å². The van der Waals surface area contributed by atoms with Crippen molar-refractivity contribution in [2.24, 2.45) is 5.92 Å².